The lowest BCUT2D eigenvalue weighted by Gasteiger charge is -2.21. The van der Waals surface area contributed by atoms with Crippen LogP contribution in [0.5, 0.6) is 0 Å². The number of ether oxygens (including phenoxy) is 2. The van der Waals surface area contributed by atoms with Crippen molar-refractivity contribution < 1.29 is 19.1 Å². The molecule has 2 rings (SSSR count). The molecule has 1 aliphatic heterocycles. The fourth-order valence-electron chi connectivity index (χ4n) is 1.45. The Labute approximate surface area is 99.6 Å². The normalized spacial score (nSPS) is 16.7. The minimum absolute atomic E-state index is 0.319. The van der Waals surface area contributed by atoms with Gasteiger partial charge in [0, 0.05) is 0 Å². The third-order valence-corrected chi connectivity index (χ3v) is 2.30. The molecule has 1 aromatic carbocycles. The zero-order chi connectivity index (χ0) is 11.9. The Bertz CT molecular complexity index is 349. The Balaban J connectivity index is 1.69. The number of nitrogens with one attached hydrogen (secondary N) is 1. The Hall–Kier alpha value is -1.43. The van der Waals surface area contributed by atoms with E-state index < -0.39 is 12.2 Å². The maximum absolute atomic E-state index is 11.5. The maximum Gasteiger partial charge on any atom is 0.300 e. The van der Waals surface area contributed by atoms with Gasteiger partial charge in [0.25, 0.3) is 5.91 Å². The molecule has 1 N–H and O–H groups in total. The summed E-state index contributed by atoms with van der Waals surface area (Å²) in [6.45, 7) is 1.40. The molecule has 1 saturated heterocycles. The number of benzene rings is 1. The first-order valence-corrected chi connectivity index (χ1v) is 5.55. The fourth-order valence-corrected chi connectivity index (χ4v) is 1.45. The topological polar surface area (TPSA) is 56.8 Å². The molecule has 1 aliphatic rings. The summed E-state index contributed by atoms with van der Waals surface area (Å²) in [6, 6.07) is 9.58. The molecule has 5 heteroatoms. The molecule has 5 nitrogen and oxygen atoms in total. The number of carbonyl (C=O) groups is 1. The van der Waals surface area contributed by atoms with Gasteiger partial charge in [0.1, 0.15) is 0 Å². The molecule has 1 amide bonds. The van der Waals surface area contributed by atoms with E-state index in [0.29, 0.717) is 19.8 Å². The van der Waals surface area contributed by atoms with E-state index in [1.165, 1.54) is 0 Å². The van der Waals surface area contributed by atoms with Crippen molar-refractivity contribution in [3.63, 3.8) is 0 Å². The molecule has 17 heavy (non-hydrogen) atoms. The molecule has 0 aliphatic carbocycles. The van der Waals surface area contributed by atoms with Crippen LogP contribution in [0.2, 0.25) is 0 Å². The Morgan fingerprint density at radius 3 is 2.71 bits per heavy atom. The molecule has 1 fully saturated rings. The van der Waals surface area contributed by atoms with Gasteiger partial charge in [0.2, 0.25) is 6.29 Å². The number of carbonyl (C=O) groups excluding carboxylic acids is 1. The largest absolute Gasteiger partial charge is 0.344 e. The highest BCUT2D eigenvalue weighted by atomic mass is 16.7. The van der Waals surface area contributed by atoms with Crippen LogP contribution < -0.4 is 5.48 Å². The van der Waals surface area contributed by atoms with E-state index in [0.717, 1.165) is 12.0 Å². The van der Waals surface area contributed by atoms with Crippen LogP contribution in [0.15, 0.2) is 30.3 Å². The molecule has 0 spiro atoms. The number of rotatable bonds is 4. The molecular weight excluding hydrogens is 222 g/mol. The smallest absolute Gasteiger partial charge is 0.300 e. The van der Waals surface area contributed by atoms with Gasteiger partial charge < -0.3 is 9.47 Å². The highest BCUT2D eigenvalue weighted by molar-refractivity contribution is 5.78. The number of hydroxylamine groups is 1. The minimum atomic E-state index is -0.848. The van der Waals surface area contributed by atoms with E-state index in [1.807, 2.05) is 30.3 Å². The van der Waals surface area contributed by atoms with Crippen molar-refractivity contribution in [2.75, 3.05) is 13.2 Å². The van der Waals surface area contributed by atoms with Crippen molar-refractivity contribution in [3.05, 3.63) is 35.9 Å². The lowest BCUT2D eigenvalue weighted by Crippen LogP contribution is -2.40. The van der Waals surface area contributed by atoms with E-state index in [-0.39, 0.29) is 0 Å². The van der Waals surface area contributed by atoms with Crippen molar-refractivity contribution in [2.45, 2.75) is 19.3 Å². The lowest BCUT2D eigenvalue weighted by molar-refractivity contribution is -0.200. The molecule has 0 saturated carbocycles. The third kappa shape index (κ3) is 3.81. The molecular formula is C12H15NO4. The van der Waals surface area contributed by atoms with E-state index in [4.69, 9.17) is 14.3 Å². The average molecular weight is 237 g/mol. The summed E-state index contributed by atoms with van der Waals surface area (Å²) in [5.74, 6) is -0.402. The first-order chi connectivity index (χ1) is 8.36. The van der Waals surface area contributed by atoms with Crippen molar-refractivity contribution in [3.8, 4) is 0 Å². The summed E-state index contributed by atoms with van der Waals surface area (Å²) in [5, 5.41) is 0. The zero-order valence-electron chi connectivity index (χ0n) is 9.43. The molecule has 0 atom stereocenters. The Morgan fingerprint density at radius 1 is 1.29 bits per heavy atom. The minimum Gasteiger partial charge on any atom is -0.344 e. The molecule has 0 radical (unpaired) electrons. The standard InChI is InChI=1S/C12H15NO4/c14-11(12-15-7-4-8-16-12)13-17-9-10-5-2-1-3-6-10/h1-3,5-6,12H,4,7-9H2,(H,13,14). The number of hydrogen-bond donors (Lipinski definition) is 1. The van der Waals surface area contributed by atoms with Crippen LogP contribution in [0.4, 0.5) is 0 Å². The lowest BCUT2D eigenvalue weighted by atomic mass is 10.2. The monoisotopic (exact) mass is 237 g/mol. The van der Waals surface area contributed by atoms with Crippen LogP contribution in [-0.2, 0) is 25.7 Å². The van der Waals surface area contributed by atoms with Crippen LogP contribution in [0.3, 0.4) is 0 Å². The summed E-state index contributed by atoms with van der Waals surface area (Å²) in [5.41, 5.74) is 3.30. The van der Waals surface area contributed by atoms with Crippen LogP contribution in [0.25, 0.3) is 0 Å². The summed E-state index contributed by atoms with van der Waals surface area (Å²) >= 11 is 0. The van der Waals surface area contributed by atoms with Crippen LogP contribution >= 0.6 is 0 Å². The highest BCUT2D eigenvalue weighted by Crippen LogP contribution is 2.05. The summed E-state index contributed by atoms with van der Waals surface area (Å²) in [7, 11) is 0. The van der Waals surface area contributed by atoms with Crippen molar-refractivity contribution in [2.24, 2.45) is 0 Å². The quantitative estimate of drug-likeness (QED) is 0.794. The van der Waals surface area contributed by atoms with Gasteiger partial charge >= 0.3 is 0 Å². The molecule has 92 valence electrons. The second kappa shape index (κ2) is 6.34. The van der Waals surface area contributed by atoms with E-state index in [2.05, 4.69) is 5.48 Å². The van der Waals surface area contributed by atoms with Gasteiger partial charge in [0.15, 0.2) is 0 Å². The van der Waals surface area contributed by atoms with Gasteiger partial charge in [-0.15, -0.1) is 0 Å². The summed E-state index contributed by atoms with van der Waals surface area (Å²) < 4.78 is 10.3. The first kappa shape index (κ1) is 12.0. The van der Waals surface area contributed by atoms with Crippen LogP contribution in [0, 0.1) is 0 Å². The van der Waals surface area contributed by atoms with E-state index >= 15 is 0 Å². The van der Waals surface area contributed by atoms with Crippen molar-refractivity contribution >= 4 is 5.91 Å². The predicted molar refractivity (Wildman–Crippen MR) is 59.7 cm³/mol. The van der Waals surface area contributed by atoms with Crippen molar-refractivity contribution in [1.82, 2.24) is 5.48 Å². The van der Waals surface area contributed by atoms with Gasteiger partial charge in [-0.25, -0.2) is 5.48 Å². The molecule has 0 bridgehead atoms. The van der Waals surface area contributed by atoms with Gasteiger partial charge in [-0.05, 0) is 12.0 Å². The highest BCUT2D eigenvalue weighted by Gasteiger charge is 2.22. The third-order valence-electron chi connectivity index (χ3n) is 2.30. The zero-order valence-corrected chi connectivity index (χ0v) is 9.43. The fraction of sp³-hybridized carbons (Fsp3) is 0.417. The van der Waals surface area contributed by atoms with Gasteiger partial charge in [-0.3, -0.25) is 9.63 Å². The Kier molecular flexibility index (Phi) is 4.49. The summed E-state index contributed by atoms with van der Waals surface area (Å²) in [4.78, 5) is 16.6. The van der Waals surface area contributed by atoms with E-state index in [9.17, 15) is 4.79 Å². The molecule has 1 heterocycles. The number of hydrogen-bond acceptors (Lipinski definition) is 4. The Morgan fingerprint density at radius 2 is 2.00 bits per heavy atom. The van der Waals surface area contributed by atoms with Crippen molar-refractivity contribution in [1.29, 1.82) is 0 Å². The molecule has 1 aromatic rings. The summed E-state index contributed by atoms with van der Waals surface area (Å²) in [6.07, 6.45) is -0.0335. The average Bonchev–Trinajstić information content (AvgIpc) is 2.41. The second-order valence-electron chi connectivity index (χ2n) is 3.67. The maximum atomic E-state index is 11.5. The van der Waals surface area contributed by atoms with Gasteiger partial charge in [0.05, 0.1) is 19.8 Å². The van der Waals surface area contributed by atoms with Gasteiger partial charge in [-0.1, -0.05) is 30.3 Å². The van der Waals surface area contributed by atoms with Crippen LogP contribution in [0.1, 0.15) is 12.0 Å². The molecule has 0 aromatic heterocycles. The SMILES string of the molecule is O=C(NOCc1ccccc1)C1OCCCO1. The second-order valence-corrected chi connectivity index (χ2v) is 3.67. The van der Waals surface area contributed by atoms with Crippen LogP contribution in [-0.4, -0.2) is 25.4 Å². The first-order valence-electron chi connectivity index (χ1n) is 5.55. The predicted octanol–water partition coefficient (Wildman–Crippen LogP) is 0.997. The van der Waals surface area contributed by atoms with Gasteiger partial charge in [-0.2, -0.15) is 0 Å². The molecule has 0 unspecified atom stereocenters. The van der Waals surface area contributed by atoms with E-state index in [1.54, 1.807) is 0 Å². The number of amides is 1.